The molecule has 0 aliphatic heterocycles. The van der Waals surface area contributed by atoms with Crippen LogP contribution in [-0.2, 0) is 0 Å². The minimum absolute atomic E-state index is 0. The lowest BCUT2D eigenvalue weighted by Crippen LogP contribution is -0.856. The predicted octanol–water partition coefficient (Wildman–Crippen LogP) is 5.18. The first-order chi connectivity index (χ1) is 3.00. The molecule has 10 heavy (non-hydrogen) atoms. The smallest absolute Gasteiger partial charge is 0.0683 e. The van der Waals surface area contributed by atoms with E-state index in [-0.39, 0.29) is 29.7 Å². The van der Waals surface area contributed by atoms with Crippen LogP contribution in [0, 0.1) is 0 Å². The van der Waals surface area contributed by atoms with Crippen LogP contribution in [0.3, 0.4) is 0 Å². The molecule has 0 spiro atoms. The van der Waals surface area contributed by atoms with Crippen LogP contribution < -0.4 is 0 Å². The Kier molecular flexibility index (Phi) is 19400. The molecule has 0 aromatic heterocycles. The first-order valence-electron chi connectivity index (χ1n) is 2.00. The van der Waals surface area contributed by atoms with Gasteiger partial charge in [-0.25, -0.2) is 0 Å². The Labute approximate surface area is 70.7 Å². The maximum Gasteiger partial charge on any atom is -0.0683 e. The second kappa shape index (κ2) is 1750. The maximum atomic E-state index is 3.00. The van der Waals surface area contributed by atoms with E-state index in [4.69, 9.17) is 0 Å². The van der Waals surface area contributed by atoms with Crippen molar-refractivity contribution in [2.45, 2.75) is 43.6 Å². The fourth-order valence-electron chi connectivity index (χ4n) is 0. The van der Waals surface area contributed by atoms with Crippen molar-refractivity contribution in [3.63, 3.8) is 0 Å². The normalized spacial score (nSPS) is 1.40. The van der Waals surface area contributed by atoms with Crippen LogP contribution in [0.2, 0.25) is 0 Å². The third-order valence-electron chi connectivity index (χ3n) is 0. The van der Waals surface area contributed by atoms with Crippen molar-refractivity contribution in [1.29, 1.82) is 0 Å². The van der Waals surface area contributed by atoms with Crippen molar-refractivity contribution in [2.75, 3.05) is 0 Å². The predicted molar refractivity (Wildman–Crippen MR) is 60.8 cm³/mol. The molecule has 0 heteroatoms. The van der Waals surface area contributed by atoms with E-state index >= 15 is 0 Å². The van der Waals surface area contributed by atoms with E-state index in [1.54, 1.807) is 0 Å². The fraction of sp³-hybridized carbons (Fsp3) is 0.600. The largest absolute Gasteiger partial charge is 0.106 e. The molecule has 0 aliphatic rings. The van der Waals surface area contributed by atoms with Gasteiger partial charge in [0, 0.05) is 0 Å². The van der Waals surface area contributed by atoms with E-state index in [9.17, 15) is 0 Å². The maximum absolute atomic E-state index is 3.00. The standard InChI is InChI=1S/C2H6.2C2H4.4CH4/c3*1-2;;;;/h1-2H3;2*1-2H2;4*1H4. The molecule has 0 saturated carbocycles. The molecule has 0 rings (SSSR count). The average Bonchev–Trinajstić information content (AvgIpc) is 1.81. The molecule has 0 nitrogen and oxygen atoms in total. The van der Waals surface area contributed by atoms with Crippen molar-refractivity contribution in [3.05, 3.63) is 26.3 Å². The Morgan fingerprint density at radius 3 is 0.500 bits per heavy atom. The average molecular weight is 150 g/mol. The summed E-state index contributed by atoms with van der Waals surface area (Å²) in [7, 11) is 0. The van der Waals surface area contributed by atoms with Gasteiger partial charge in [-0.1, -0.05) is 43.6 Å². The lowest BCUT2D eigenvalue weighted by atomic mass is 11.0. The van der Waals surface area contributed by atoms with Crippen LogP contribution in [0.25, 0.3) is 0 Å². The van der Waals surface area contributed by atoms with Crippen LogP contribution in [0.4, 0.5) is 0 Å². The molecular formula is C10H30. The molecule has 0 aromatic rings. The lowest BCUT2D eigenvalue weighted by molar-refractivity contribution is 1.50. The Morgan fingerprint density at radius 2 is 0.500 bits per heavy atom. The van der Waals surface area contributed by atoms with Gasteiger partial charge in [-0.2, -0.15) is 0 Å². The highest BCUT2D eigenvalue weighted by atomic mass is 13.0. The van der Waals surface area contributed by atoms with Gasteiger partial charge in [-0.3, -0.25) is 0 Å². The first-order valence-corrected chi connectivity index (χ1v) is 2.00. The summed E-state index contributed by atoms with van der Waals surface area (Å²) in [4.78, 5) is 0. The Morgan fingerprint density at radius 1 is 0.500 bits per heavy atom. The molecule has 0 radical (unpaired) electrons. The zero-order chi connectivity index (χ0) is 6.00. The molecule has 0 amide bonds. The van der Waals surface area contributed by atoms with Gasteiger partial charge in [0.2, 0.25) is 0 Å². The van der Waals surface area contributed by atoms with Crippen molar-refractivity contribution >= 4 is 0 Å². The molecular weight excluding hydrogens is 120 g/mol. The van der Waals surface area contributed by atoms with Crippen LogP contribution in [0.15, 0.2) is 26.3 Å². The van der Waals surface area contributed by atoms with Gasteiger partial charge in [0.1, 0.15) is 0 Å². The van der Waals surface area contributed by atoms with Gasteiger partial charge in [0.25, 0.3) is 0 Å². The van der Waals surface area contributed by atoms with E-state index in [2.05, 4.69) is 26.3 Å². The van der Waals surface area contributed by atoms with E-state index in [0.717, 1.165) is 0 Å². The number of hydrogen-bond donors (Lipinski definition) is 0. The molecule has 0 saturated heterocycles. The summed E-state index contributed by atoms with van der Waals surface area (Å²) >= 11 is 0. The lowest BCUT2D eigenvalue weighted by Gasteiger charge is -1.07. The minimum Gasteiger partial charge on any atom is -0.106 e. The van der Waals surface area contributed by atoms with Gasteiger partial charge in [0.15, 0.2) is 0 Å². The zero-order valence-electron chi connectivity index (χ0n) is 4.83. The van der Waals surface area contributed by atoms with Crippen molar-refractivity contribution in [1.82, 2.24) is 0 Å². The highest BCUT2D eigenvalue weighted by molar-refractivity contribution is 4.22. The molecule has 0 fully saturated rings. The van der Waals surface area contributed by atoms with Crippen molar-refractivity contribution in [2.24, 2.45) is 0 Å². The molecule has 0 aliphatic carbocycles. The third-order valence-corrected chi connectivity index (χ3v) is 0. The summed E-state index contributed by atoms with van der Waals surface area (Å²) in [6.07, 6.45) is 0. The van der Waals surface area contributed by atoms with Crippen molar-refractivity contribution < 1.29 is 0 Å². The quantitative estimate of drug-likeness (QED) is 0.418. The highest BCUT2D eigenvalue weighted by Gasteiger charge is 0.932. The summed E-state index contributed by atoms with van der Waals surface area (Å²) in [6.45, 7) is 16.0. The van der Waals surface area contributed by atoms with E-state index in [0.29, 0.717) is 0 Å². The van der Waals surface area contributed by atoms with Crippen LogP contribution >= 0.6 is 0 Å². The Bertz CT molecular complexity index is 2.00. The summed E-state index contributed by atoms with van der Waals surface area (Å²) < 4.78 is 0. The number of rotatable bonds is 0. The summed E-state index contributed by atoms with van der Waals surface area (Å²) in [5.74, 6) is 0. The van der Waals surface area contributed by atoms with Crippen LogP contribution in [-0.4, -0.2) is 0 Å². The monoisotopic (exact) mass is 150 g/mol. The SMILES string of the molecule is C.C.C.C.C=C.C=C.CC. The van der Waals surface area contributed by atoms with Crippen molar-refractivity contribution in [3.8, 4) is 0 Å². The topological polar surface area (TPSA) is 0 Å². The molecule has 0 N–H and O–H groups in total. The zero-order valence-corrected chi connectivity index (χ0v) is 4.83. The van der Waals surface area contributed by atoms with E-state index in [1.807, 2.05) is 13.8 Å². The second-order valence-corrected chi connectivity index (χ2v) is 0. The molecule has 0 heterocycles. The summed E-state index contributed by atoms with van der Waals surface area (Å²) in [5, 5.41) is 0. The van der Waals surface area contributed by atoms with Gasteiger partial charge >= 0.3 is 0 Å². The molecule has 0 aromatic carbocycles. The van der Waals surface area contributed by atoms with Gasteiger partial charge < -0.3 is 0 Å². The van der Waals surface area contributed by atoms with E-state index in [1.165, 1.54) is 0 Å². The van der Waals surface area contributed by atoms with Crippen LogP contribution in [0.5, 0.6) is 0 Å². The minimum atomic E-state index is 0. The molecule has 0 bridgehead atoms. The Balaban J connectivity index is -0.00000000225. The summed E-state index contributed by atoms with van der Waals surface area (Å²) in [5.41, 5.74) is 0. The van der Waals surface area contributed by atoms with Gasteiger partial charge in [-0.05, 0) is 0 Å². The van der Waals surface area contributed by atoms with Crippen LogP contribution in [0.1, 0.15) is 43.6 Å². The van der Waals surface area contributed by atoms with Gasteiger partial charge in [0.05, 0.1) is 0 Å². The van der Waals surface area contributed by atoms with Gasteiger partial charge in [-0.15, -0.1) is 26.3 Å². The highest BCUT2D eigenvalue weighted by Crippen LogP contribution is 1.14. The fourth-order valence-corrected chi connectivity index (χ4v) is 0. The molecule has 0 atom stereocenters. The molecule has 0 unspecified atom stereocenters. The first kappa shape index (κ1) is 111. The molecule has 70 valence electrons. The summed E-state index contributed by atoms with van der Waals surface area (Å²) in [6, 6.07) is 0. The number of hydrogen-bond acceptors (Lipinski definition) is 0. The third kappa shape index (κ3) is 1160. The van der Waals surface area contributed by atoms with E-state index < -0.39 is 0 Å². The second-order valence-electron chi connectivity index (χ2n) is 0. The Hall–Kier alpha value is -0.520.